The quantitative estimate of drug-likeness (QED) is 0.770. The Kier molecular flexibility index (Phi) is 3.28. The predicted octanol–water partition coefficient (Wildman–Crippen LogP) is 1.71. The first-order valence-electron chi connectivity index (χ1n) is 5.75. The summed E-state index contributed by atoms with van der Waals surface area (Å²) in [6.45, 7) is 3.86. The van der Waals surface area contributed by atoms with Crippen LogP contribution in [0, 0.1) is 11.3 Å². The van der Waals surface area contributed by atoms with Crippen LogP contribution in [-0.4, -0.2) is 33.0 Å². The molecule has 2 heterocycles. The molecule has 92 valence electrons. The summed E-state index contributed by atoms with van der Waals surface area (Å²) in [6.07, 6.45) is 3.33. The second-order valence-corrected chi connectivity index (χ2v) is 4.27. The molecule has 0 saturated carbocycles. The molecule has 0 spiro atoms. The molecule has 0 bridgehead atoms. The molecular formula is C13H14N4O. The minimum Gasteiger partial charge on any atom is -0.323 e. The molecule has 0 N–H and O–H groups in total. The van der Waals surface area contributed by atoms with E-state index in [1.807, 2.05) is 38.1 Å². The lowest BCUT2D eigenvalue weighted by molar-refractivity contribution is 0.0733. The number of nitrogens with zero attached hydrogens (tertiary/aromatic N) is 4. The largest absolute Gasteiger partial charge is 0.323 e. The maximum Gasteiger partial charge on any atom is 0.258 e. The maximum atomic E-state index is 12.4. The van der Waals surface area contributed by atoms with Crippen molar-refractivity contribution in [3.8, 4) is 6.07 Å². The van der Waals surface area contributed by atoms with Crippen LogP contribution in [0.5, 0.6) is 0 Å². The Hall–Kier alpha value is -2.35. The summed E-state index contributed by atoms with van der Waals surface area (Å²) in [7, 11) is 0. The number of hydrogen-bond acceptors (Lipinski definition) is 3. The highest BCUT2D eigenvalue weighted by Crippen LogP contribution is 2.14. The lowest BCUT2D eigenvalue weighted by Crippen LogP contribution is -2.37. The van der Waals surface area contributed by atoms with Gasteiger partial charge in [-0.15, -0.1) is 0 Å². The van der Waals surface area contributed by atoms with Crippen molar-refractivity contribution in [3.63, 3.8) is 0 Å². The van der Waals surface area contributed by atoms with Crippen molar-refractivity contribution in [2.75, 3.05) is 6.54 Å². The zero-order valence-corrected chi connectivity index (χ0v) is 10.4. The van der Waals surface area contributed by atoms with Gasteiger partial charge in [0.15, 0.2) is 0 Å². The molecule has 0 atom stereocenters. The third kappa shape index (κ3) is 2.05. The summed E-state index contributed by atoms with van der Waals surface area (Å²) in [5, 5.41) is 12.9. The molecule has 0 fully saturated rings. The molecule has 5 nitrogen and oxygen atoms in total. The minimum atomic E-state index is -0.159. The third-order valence-electron chi connectivity index (χ3n) is 2.78. The molecule has 0 radical (unpaired) electrons. The van der Waals surface area contributed by atoms with Crippen LogP contribution in [-0.2, 0) is 0 Å². The number of carbonyl (C=O) groups excluding carboxylic acids is 1. The molecule has 5 heteroatoms. The normalized spacial score (nSPS) is 10.6. The Balaban J connectivity index is 2.41. The number of amides is 1. The van der Waals surface area contributed by atoms with Crippen LogP contribution in [0.3, 0.4) is 0 Å². The topological polar surface area (TPSA) is 61.4 Å². The van der Waals surface area contributed by atoms with E-state index in [0.29, 0.717) is 5.56 Å². The number of pyridine rings is 1. The van der Waals surface area contributed by atoms with Crippen LogP contribution in [0.2, 0.25) is 0 Å². The smallest absolute Gasteiger partial charge is 0.258 e. The second kappa shape index (κ2) is 4.88. The lowest BCUT2D eigenvalue weighted by Gasteiger charge is -2.23. The highest BCUT2D eigenvalue weighted by atomic mass is 16.2. The molecule has 0 aliphatic heterocycles. The van der Waals surface area contributed by atoms with Crippen LogP contribution in [0.1, 0.15) is 24.2 Å². The van der Waals surface area contributed by atoms with Crippen molar-refractivity contribution in [2.45, 2.75) is 19.9 Å². The molecular weight excluding hydrogens is 228 g/mol. The standard InChI is InChI=1S/C13H14N4O/c1-10(2)16(8-6-14)13(18)11-9-15-17-7-4-3-5-12(11)17/h3-5,7,9-10H,8H2,1-2H3. The van der Waals surface area contributed by atoms with Gasteiger partial charge in [-0.25, -0.2) is 4.52 Å². The number of nitriles is 1. The number of carbonyl (C=O) groups is 1. The lowest BCUT2D eigenvalue weighted by atomic mass is 10.2. The third-order valence-corrected chi connectivity index (χ3v) is 2.78. The summed E-state index contributed by atoms with van der Waals surface area (Å²) < 4.78 is 1.65. The summed E-state index contributed by atoms with van der Waals surface area (Å²) in [5.74, 6) is -0.159. The zero-order valence-electron chi connectivity index (χ0n) is 10.4. The number of hydrogen-bond donors (Lipinski definition) is 0. The Bertz CT molecular complexity index is 609. The first-order valence-corrected chi connectivity index (χ1v) is 5.75. The molecule has 0 aliphatic carbocycles. The first-order chi connectivity index (χ1) is 8.65. The fraction of sp³-hybridized carbons (Fsp3) is 0.308. The molecule has 2 aromatic rings. The van der Waals surface area contributed by atoms with Gasteiger partial charge in [-0.2, -0.15) is 10.4 Å². The predicted molar refractivity (Wildman–Crippen MR) is 67.0 cm³/mol. The summed E-state index contributed by atoms with van der Waals surface area (Å²) in [6, 6.07) is 7.55. The van der Waals surface area contributed by atoms with Gasteiger partial charge in [0.25, 0.3) is 5.91 Å². The molecule has 1 amide bonds. The fourth-order valence-electron chi connectivity index (χ4n) is 1.82. The summed E-state index contributed by atoms with van der Waals surface area (Å²) in [4.78, 5) is 13.9. The number of rotatable bonds is 3. The molecule has 0 aromatic carbocycles. The van der Waals surface area contributed by atoms with Crippen molar-refractivity contribution in [1.82, 2.24) is 14.5 Å². The molecule has 0 unspecified atom stereocenters. The van der Waals surface area contributed by atoms with E-state index in [1.165, 1.54) is 4.90 Å². The average molecular weight is 242 g/mol. The van der Waals surface area contributed by atoms with Gasteiger partial charge in [0.1, 0.15) is 6.54 Å². The highest BCUT2D eigenvalue weighted by Gasteiger charge is 2.21. The Morgan fingerprint density at radius 2 is 2.33 bits per heavy atom. The van der Waals surface area contributed by atoms with Gasteiger partial charge in [-0.1, -0.05) is 6.07 Å². The van der Waals surface area contributed by atoms with Crippen molar-refractivity contribution in [3.05, 3.63) is 36.2 Å². The van der Waals surface area contributed by atoms with Crippen LogP contribution in [0.4, 0.5) is 0 Å². The van der Waals surface area contributed by atoms with Crippen LogP contribution in [0.25, 0.3) is 5.52 Å². The van der Waals surface area contributed by atoms with E-state index in [-0.39, 0.29) is 18.5 Å². The van der Waals surface area contributed by atoms with Crippen LogP contribution >= 0.6 is 0 Å². The molecule has 0 saturated heterocycles. The highest BCUT2D eigenvalue weighted by molar-refractivity contribution is 6.00. The van der Waals surface area contributed by atoms with Crippen molar-refractivity contribution < 1.29 is 4.79 Å². The summed E-state index contributed by atoms with van der Waals surface area (Å²) in [5.41, 5.74) is 1.28. The van der Waals surface area contributed by atoms with Gasteiger partial charge >= 0.3 is 0 Å². The van der Waals surface area contributed by atoms with E-state index >= 15 is 0 Å². The van der Waals surface area contributed by atoms with Gasteiger partial charge in [0.05, 0.1) is 23.3 Å². The van der Waals surface area contributed by atoms with E-state index in [0.717, 1.165) is 5.52 Å². The van der Waals surface area contributed by atoms with Gasteiger partial charge in [-0.3, -0.25) is 4.79 Å². The Labute approximate surface area is 105 Å². The minimum absolute atomic E-state index is 0.0178. The van der Waals surface area contributed by atoms with Gasteiger partial charge in [0.2, 0.25) is 0 Å². The SMILES string of the molecule is CC(C)N(CC#N)C(=O)c1cnn2ccccc12. The zero-order chi connectivity index (χ0) is 13.1. The van der Waals surface area contributed by atoms with Gasteiger partial charge in [0, 0.05) is 12.2 Å². The molecule has 0 aliphatic rings. The van der Waals surface area contributed by atoms with E-state index in [4.69, 9.17) is 5.26 Å². The Morgan fingerprint density at radius 3 is 3.00 bits per heavy atom. The van der Waals surface area contributed by atoms with E-state index < -0.39 is 0 Å². The summed E-state index contributed by atoms with van der Waals surface area (Å²) >= 11 is 0. The molecule has 18 heavy (non-hydrogen) atoms. The second-order valence-electron chi connectivity index (χ2n) is 4.27. The monoisotopic (exact) mass is 242 g/mol. The van der Waals surface area contributed by atoms with Crippen LogP contribution < -0.4 is 0 Å². The van der Waals surface area contributed by atoms with Gasteiger partial charge < -0.3 is 4.90 Å². The van der Waals surface area contributed by atoms with Crippen molar-refractivity contribution in [2.24, 2.45) is 0 Å². The molecule has 2 rings (SSSR count). The first kappa shape index (κ1) is 12.1. The van der Waals surface area contributed by atoms with E-state index in [1.54, 1.807) is 16.9 Å². The Morgan fingerprint density at radius 1 is 1.56 bits per heavy atom. The molecule has 2 aromatic heterocycles. The van der Waals surface area contributed by atoms with E-state index in [9.17, 15) is 4.79 Å². The van der Waals surface area contributed by atoms with Crippen LogP contribution in [0.15, 0.2) is 30.6 Å². The fourth-order valence-corrected chi connectivity index (χ4v) is 1.82. The van der Waals surface area contributed by atoms with Crippen molar-refractivity contribution in [1.29, 1.82) is 5.26 Å². The van der Waals surface area contributed by atoms with E-state index in [2.05, 4.69) is 5.10 Å². The van der Waals surface area contributed by atoms with Crippen molar-refractivity contribution >= 4 is 11.4 Å². The van der Waals surface area contributed by atoms with Gasteiger partial charge in [-0.05, 0) is 26.0 Å². The average Bonchev–Trinajstić information content (AvgIpc) is 2.78. The number of aromatic nitrogens is 2. The maximum absolute atomic E-state index is 12.4. The number of fused-ring (bicyclic) bond motifs is 1.